The maximum Gasteiger partial charge on any atom is 0.151 e. The van der Waals surface area contributed by atoms with Crippen LogP contribution in [0.3, 0.4) is 0 Å². The second-order valence-corrected chi connectivity index (χ2v) is 2.35. The zero-order valence-electron chi connectivity index (χ0n) is 6.08. The summed E-state index contributed by atoms with van der Waals surface area (Å²) in [6.45, 7) is 1.24. The van der Waals surface area contributed by atoms with Crippen LogP contribution in [0.25, 0.3) is 0 Å². The molecule has 0 bridgehead atoms. The first-order valence-electron chi connectivity index (χ1n) is 3.18. The summed E-state index contributed by atoms with van der Waals surface area (Å²) in [5.41, 5.74) is 0. The predicted octanol–water partition coefficient (Wildman–Crippen LogP) is -2.35. The number of carbonyl (C=O) groups excluding carboxylic acids is 1. The van der Waals surface area contributed by atoms with Gasteiger partial charge >= 0.3 is 0 Å². The van der Waals surface area contributed by atoms with Gasteiger partial charge in [0, 0.05) is 0 Å². The fraction of sp³-hybridized carbons (Fsp3) is 0.833. The van der Waals surface area contributed by atoms with Crippen LogP contribution in [0, 0.1) is 0 Å². The molecule has 0 rings (SSSR count). The Labute approximate surface area is 63.9 Å². The highest BCUT2D eigenvalue weighted by atomic mass is 16.4. The third-order valence-electron chi connectivity index (χ3n) is 1.33. The number of aldehydes is 1. The second kappa shape index (κ2) is 4.40. The molecule has 0 saturated heterocycles. The highest BCUT2D eigenvalue weighted by Crippen LogP contribution is 2.02. The molecule has 0 fully saturated rings. The van der Waals surface area contributed by atoms with E-state index in [2.05, 4.69) is 0 Å². The van der Waals surface area contributed by atoms with Crippen molar-refractivity contribution in [1.29, 1.82) is 0 Å². The number of hydrogen-bond acceptors (Lipinski definition) is 5. The van der Waals surface area contributed by atoms with E-state index in [9.17, 15) is 4.79 Å². The van der Waals surface area contributed by atoms with Crippen LogP contribution >= 0.6 is 0 Å². The lowest BCUT2D eigenvalue weighted by atomic mass is 10.1. The number of aliphatic hydroxyl groups excluding tert-OH is 4. The number of hydrogen-bond donors (Lipinski definition) is 4. The molecule has 5 nitrogen and oxygen atoms in total. The Morgan fingerprint density at radius 1 is 1.09 bits per heavy atom. The van der Waals surface area contributed by atoms with Gasteiger partial charge in [-0.3, -0.25) is 0 Å². The number of rotatable bonds is 4. The molecule has 11 heavy (non-hydrogen) atoms. The minimum absolute atomic E-state index is 0.0935. The van der Waals surface area contributed by atoms with Crippen molar-refractivity contribution in [2.75, 3.05) is 0 Å². The van der Waals surface area contributed by atoms with Crippen molar-refractivity contribution in [3.05, 3.63) is 0 Å². The van der Waals surface area contributed by atoms with Crippen molar-refractivity contribution in [2.45, 2.75) is 31.3 Å². The quantitative estimate of drug-likeness (QED) is 0.349. The van der Waals surface area contributed by atoms with E-state index in [1.54, 1.807) is 0 Å². The highest BCUT2D eigenvalue weighted by Gasteiger charge is 2.27. The minimum atomic E-state index is -1.65. The van der Waals surface area contributed by atoms with Gasteiger partial charge in [-0.2, -0.15) is 0 Å². The van der Waals surface area contributed by atoms with Gasteiger partial charge in [0.25, 0.3) is 0 Å². The summed E-state index contributed by atoms with van der Waals surface area (Å²) >= 11 is 0. The van der Waals surface area contributed by atoms with Gasteiger partial charge in [0.1, 0.15) is 18.3 Å². The molecule has 0 aromatic rings. The van der Waals surface area contributed by atoms with E-state index in [1.807, 2.05) is 0 Å². The fourth-order valence-electron chi connectivity index (χ4n) is 0.568. The molecular weight excluding hydrogens is 152 g/mol. The van der Waals surface area contributed by atoms with Gasteiger partial charge in [-0.15, -0.1) is 0 Å². The molecule has 0 saturated carbocycles. The zero-order chi connectivity index (χ0) is 9.02. The van der Waals surface area contributed by atoms with Crippen molar-refractivity contribution >= 4 is 6.29 Å². The molecule has 0 aromatic carbocycles. The van der Waals surface area contributed by atoms with Gasteiger partial charge in [-0.1, -0.05) is 0 Å². The third kappa shape index (κ3) is 2.94. The summed E-state index contributed by atoms with van der Waals surface area (Å²) in [4.78, 5) is 9.87. The van der Waals surface area contributed by atoms with Crippen LogP contribution in [0.2, 0.25) is 0 Å². The summed E-state index contributed by atoms with van der Waals surface area (Å²) in [5, 5.41) is 35.1. The summed E-state index contributed by atoms with van der Waals surface area (Å²) in [6.07, 6.45) is -5.88. The Bertz CT molecular complexity index is 124. The Kier molecular flexibility index (Phi) is 4.20. The molecule has 0 unspecified atom stereocenters. The fourth-order valence-corrected chi connectivity index (χ4v) is 0.568. The normalized spacial score (nSPS) is 21.9. The standard InChI is InChI=1S/C6H12O5/c1-3(8)5(10)6(11)4(9)2-7/h2-6,8-11H,1H3/t3-,4+,5-,6+/m0/s1. The summed E-state index contributed by atoms with van der Waals surface area (Å²) < 4.78 is 0. The van der Waals surface area contributed by atoms with E-state index in [0.717, 1.165) is 0 Å². The molecule has 0 aliphatic heterocycles. The maximum absolute atomic E-state index is 9.87. The smallest absolute Gasteiger partial charge is 0.151 e. The SMILES string of the molecule is C[C@H](O)[C@H](O)[C@H](O)[C@H](O)C=O. The molecule has 0 aliphatic rings. The van der Waals surface area contributed by atoms with Gasteiger partial charge < -0.3 is 25.2 Å². The van der Waals surface area contributed by atoms with Crippen molar-refractivity contribution in [3.63, 3.8) is 0 Å². The van der Waals surface area contributed by atoms with E-state index in [0.29, 0.717) is 0 Å². The molecule has 0 radical (unpaired) electrons. The van der Waals surface area contributed by atoms with Crippen LogP contribution < -0.4 is 0 Å². The topological polar surface area (TPSA) is 98.0 Å². The van der Waals surface area contributed by atoms with Crippen LogP contribution in [-0.4, -0.2) is 51.1 Å². The van der Waals surface area contributed by atoms with E-state index in [1.165, 1.54) is 6.92 Å². The monoisotopic (exact) mass is 164 g/mol. The molecule has 4 N–H and O–H groups in total. The molecule has 0 aromatic heterocycles. The van der Waals surface area contributed by atoms with Gasteiger partial charge in [-0.05, 0) is 6.92 Å². The Hall–Kier alpha value is -0.490. The summed E-state index contributed by atoms with van der Waals surface area (Å²) in [7, 11) is 0. The Morgan fingerprint density at radius 2 is 1.55 bits per heavy atom. The van der Waals surface area contributed by atoms with Crippen LogP contribution in [-0.2, 0) is 4.79 Å². The van der Waals surface area contributed by atoms with Crippen molar-refractivity contribution in [1.82, 2.24) is 0 Å². The first-order chi connectivity index (χ1) is 5.00. The van der Waals surface area contributed by atoms with Crippen LogP contribution in [0.5, 0.6) is 0 Å². The van der Waals surface area contributed by atoms with Gasteiger partial charge in [-0.25, -0.2) is 0 Å². The van der Waals surface area contributed by atoms with Gasteiger partial charge in [0.05, 0.1) is 6.10 Å². The maximum atomic E-state index is 9.87. The van der Waals surface area contributed by atoms with E-state index in [4.69, 9.17) is 20.4 Å². The molecule has 0 heterocycles. The Morgan fingerprint density at radius 3 is 1.82 bits per heavy atom. The van der Waals surface area contributed by atoms with E-state index < -0.39 is 24.4 Å². The summed E-state index contributed by atoms with van der Waals surface area (Å²) in [5.74, 6) is 0. The molecule has 0 spiro atoms. The zero-order valence-corrected chi connectivity index (χ0v) is 6.08. The van der Waals surface area contributed by atoms with Crippen LogP contribution in [0.15, 0.2) is 0 Å². The predicted molar refractivity (Wildman–Crippen MR) is 35.8 cm³/mol. The number of aliphatic hydroxyl groups is 4. The molecule has 0 aliphatic carbocycles. The summed E-state index contributed by atoms with van der Waals surface area (Å²) in [6, 6.07) is 0. The van der Waals surface area contributed by atoms with Crippen molar-refractivity contribution in [2.24, 2.45) is 0 Å². The lowest BCUT2D eigenvalue weighted by Gasteiger charge is -2.21. The third-order valence-corrected chi connectivity index (χ3v) is 1.33. The lowest BCUT2D eigenvalue weighted by molar-refractivity contribution is -0.132. The van der Waals surface area contributed by atoms with Crippen molar-refractivity contribution in [3.8, 4) is 0 Å². The Balaban J connectivity index is 4.00. The van der Waals surface area contributed by atoms with Crippen LogP contribution in [0.1, 0.15) is 6.92 Å². The molecule has 4 atom stereocenters. The largest absolute Gasteiger partial charge is 0.391 e. The number of carbonyl (C=O) groups is 1. The van der Waals surface area contributed by atoms with E-state index in [-0.39, 0.29) is 6.29 Å². The van der Waals surface area contributed by atoms with Crippen molar-refractivity contribution < 1.29 is 25.2 Å². The van der Waals surface area contributed by atoms with Gasteiger partial charge in [0.2, 0.25) is 0 Å². The average molecular weight is 164 g/mol. The minimum Gasteiger partial charge on any atom is -0.391 e. The molecule has 5 heteroatoms. The average Bonchev–Trinajstić information content (AvgIpc) is 2.00. The van der Waals surface area contributed by atoms with Gasteiger partial charge in [0.15, 0.2) is 6.29 Å². The molecule has 0 amide bonds. The lowest BCUT2D eigenvalue weighted by Crippen LogP contribution is -2.43. The first kappa shape index (κ1) is 10.5. The highest BCUT2D eigenvalue weighted by molar-refractivity contribution is 5.56. The van der Waals surface area contributed by atoms with Crippen LogP contribution in [0.4, 0.5) is 0 Å². The molecular formula is C6H12O5. The second-order valence-electron chi connectivity index (χ2n) is 2.35. The first-order valence-corrected chi connectivity index (χ1v) is 3.18. The molecule has 66 valence electrons. The van der Waals surface area contributed by atoms with E-state index >= 15 is 0 Å².